The van der Waals surface area contributed by atoms with Crippen molar-refractivity contribution in [3.05, 3.63) is 51.8 Å². The number of hydrogen-bond acceptors (Lipinski definition) is 5. The summed E-state index contributed by atoms with van der Waals surface area (Å²) in [5.74, 6) is 0.537. The number of carbonyl (C=O) groups is 1. The number of halogens is 1. The van der Waals surface area contributed by atoms with E-state index < -0.39 is 0 Å². The first-order chi connectivity index (χ1) is 13.4. The van der Waals surface area contributed by atoms with Gasteiger partial charge in [-0.15, -0.1) is 0 Å². The quantitative estimate of drug-likeness (QED) is 0.795. The lowest BCUT2D eigenvalue weighted by Gasteiger charge is -2.28. The predicted molar refractivity (Wildman–Crippen MR) is 103 cm³/mol. The first-order valence-electron chi connectivity index (χ1n) is 9.44. The molecule has 2 aliphatic rings. The number of amides is 1. The van der Waals surface area contributed by atoms with E-state index in [1.165, 1.54) is 22.8 Å². The number of benzene rings is 1. The van der Waals surface area contributed by atoms with E-state index in [-0.39, 0.29) is 29.7 Å². The van der Waals surface area contributed by atoms with E-state index in [9.17, 15) is 14.0 Å². The van der Waals surface area contributed by atoms with Crippen molar-refractivity contribution in [2.75, 3.05) is 36.1 Å². The molecule has 8 heteroatoms. The number of aromatic nitrogens is 2. The van der Waals surface area contributed by atoms with Gasteiger partial charge in [-0.05, 0) is 37.1 Å². The summed E-state index contributed by atoms with van der Waals surface area (Å²) in [7, 11) is 1.62. The summed E-state index contributed by atoms with van der Waals surface area (Å²) >= 11 is 0. The molecule has 2 aromatic rings. The summed E-state index contributed by atoms with van der Waals surface area (Å²) in [5, 5.41) is 0. The molecule has 0 radical (unpaired) electrons. The second-order valence-corrected chi connectivity index (χ2v) is 7.29. The number of carbonyl (C=O) groups excluding carboxylic acids is 1. The fraction of sp³-hybridized carbons (Fsp3) is 0.450. The topological polar surface area (TPSA) is 67.7 Å². The minimum atomic E-state index is -0.303. The van der Waals surface area contributed by atoms with Crippen LogP contribution in [0.15, 0.2) is 29.1 Å². The van der Waals surface area contributed by atoms with Gasteiger partial charge < -0.3 is 14.5 Å². The van der Waals surface area contributed by atoms with Gasteiger partial charge in [0.05, 0.1) is 19.6 Å². The van der Waals surface area contributed by atoms with Crippen molar-refractivity contribution in [2.45, 2.75) is 25.8 Å². The number of anilines is 2. The van der Waals surface area contributed by atoms with Crippen LogP contribution in [0.2, 0.25) is 0 Å². The van der Waals surface area contributed by atoms with Gasteiger partial charge in [0.1, 0.15) is 17.5 Å². The molecular formula is C20H23FN4O3. The Kier molecular flexibility index (Phi) is 4.89. The van der Waals surface area contributed by atoms with Crippen LogP contribution in [0.3, 0.4) is 0 Å². The van der Waals surface area contributed by atoms with Crippen LogP contribution < -0.4 is 15.4 Å². The third-order valence-electron chi connectivity index (χ3n) is 5.38. The van der Waals surface area contributed by atoms with Crippen molar-refractivity contribution in [1.82, 2.24) is 9.55 Å². The van der Waals surface area contributed by atoms with E-state index >= 15 is 0 Å². The lowest BCUT2D eigenvalue weighted by molar-refractivity contribution is -0.118. The molecule has 28 heavy (non-hydrogen) atoms. The normalized spacial score (nSPS) is 19.0. The molecule has 4 rings (SSSR count). The monoisotopic (exact) mass is 386 g/mol. The highest BCUT2D eigenvalue weighted by molar-refractivity contribution is 5.97. The van der Waals surface area contributed by atoms with Crippen molar-refractivity contribution < 1.29 is 13.9 Å². The second kappa shape index (κ2) is 7.35. The molecule has 0 saturated carbocycles. The van der Waals surface area contributed by atoms with Crippen LogP contribution >= 0.6 is 0 Å². The second-order valence-electron chi connectivity index (χ2n) is 7.29. The van der Waals surface area contributed by atoms with Crippen molar-refractivity contribution in [1.29, 1.82) is 0 Å². The van der Waals surface area contributed by atoms with Crippen LogP contribution in [0, 0.1) is 5.82 Å². The molecule has 3 heterocycles. The minimum absolute atomic E-state index is 0.00504. The van der Waals surface area contributed by atoms with Gasteiger partial charge in [-0.3, -0.25) is 14.2 Å². The van der Waals surface area contributed by atoms with Crippen LogP contribution in [0.5, 0.6) is 0 Å². The van der Waals surface area contributed by atoms with Crippen molar-refractivity contribution >= 4 is 17.4 Å². The molecule has 148 valence electrons. The van der Waals surface area contributed by atoms with Crippen LogP contribution in [-0.2, 0) is 29.4 Å². The largest absolute Gasteiger partial charge is 0.378 e. The zero-order valence-electron chi connectivity index (χ0n) is 16.0. The van der Waals surface area contributed by atoms with E-state index in [1.54, 1.807) is 18.0 Å². The average Bonchev–Trinajstić information content (AvgIpc) is 3.00. The van der Waals surface area contributed by atoms with Crippen molar-refractivity contribution in [3.63, 3.8) is 0 Å². The lowest BCUT2D eigenvalue weighted by atomic mass is 10.1. The van der Waals surface area contributed by atoms with E-state index in [4.69, 9.17) is 4.74 Å². The van der Waals surface area contributed by atoms with Gasteiger partial charge >= 0.3 is 0 Å². The Morgan fingerprint density at radius 3 is 2.79 bits per heavy atom. The Morgan fingerprint density at radius 1 is 1.29 bits per heavy atom. The smallest absolute Gasteiger partial charge is 0.255 e. The van der Waals surface area contributed by atoms with E-state index in [2.05, 4.69) is 4.98 Å². The highest BCUT2D eigenvalue weighted by Gasteiger charge is 2.31. The maximum absolute atomic E-state index is 13.5. The number of nitrogens with zero attached hydrogens (tertiary/aromatic N) is 4. The highest BCUT2D eigenvalue weighted by atomic mass is 19.1. The van der Waals surface area contributed by atoms with Gasteiger partial charge in [0, 0.05) is 37.9 Å². The Bertz CT molecular complexity index is 968. The Hall–Kier alpha value is -2.74. The van der Waals surface area contributed by atoms with Crippen molar-refractivity contribution in [2.24, 2.45) is 7.05 Å². The maximum Gasteiger partial charge on any atom is 0.255 e. The summed E-state index contributed by atoms with van der Waals surface area (Å²) in [5.41, 5.74) is 1.36. The fourth-order valence-electron chi connectivity index (χ4n) is 3.89. The summed E-state index contributed by atoms with van der Waals surface area (Å²) in [4.78, 5) is 33.7. The number of ether oxygens (including phenoxy) is 1. The molecule has 0 bridgehead atoms. The molecule has 1 unspecified atom stereocenters. The van der Waals surface area contributed by atoms with Crippen LogP contribution in [-0.4, -0.2) is 47.8 Å². The Labute approximate surface area is 162 Å². The number of fused-ring (bicyclic) bond motifs is 1. The molecule has 0 N–H and O–H groups in total. The molecule has 0 aliphatic carbocycles. The summed E-state index contributed by atoms with van der Waals surface area (Å²) < 4.78 is 20.3. The molecule has 1 aromatic carbocycles. The minimum Gasteiger partial charge on any atom is -0.378 e. The molecular weight excluding hydrogens is 363 g/mol. The lowest BCUT2D eigenvalue weighted by Crippen LogP contribution is -2.40. The Morgan fingerprint density at radius 2 is 2.04 bits per heavy atom. The molecule has 1 fully saturated rings. The molecule has 1 amide bonds. The van der Waals surface area contributed by atoms with Gasteiger partial charge in [0.25, 0.3) is 5.56 Å². The number of morpholine rings is 1. The molecule has 2 aliphatic heterocycles. The summed E-state index contributed by atoms with van der Waals surface area (Å²) in [6, 6.07) is 5.92. The molecule has 0 spiro atoms. The van der Waals surface area contributed by atoms with Gasteiger partial charge in [-0.25, -0.2) is 9.37 Å². The highest BCUT2D eigenvalue weighted by Crippen LogP contribution is 2.33. The third kappa shape index (κ3) is 3.40. The van der Waals surface area contributed by atoms with Gasteiger partial charge in [0.2, 0.25) is 5.91 Å². The molecule has 1 saturated heterocycles. The van der Waals surface area contributed by atoms with Gasteiger partial charge in [0.15, 0.2) is 0 Å². The maximum atomic E-state index is 13.5. The fourth-order valence-corrected chi connectivity index (χ4v) is 3.89. The zero-order chi connectivity index (χ0) is 19.8. The predicted octanol–water partition coefficient (Wildman–Crippen LogP) is 1.28. The van der Waals surface area contributed by atoms with E-state index in [0.717, 1.165) is 11.3 Å². The SMILES string of the molecule is CC1Cc2cc(F)ccc2N1C(=O)Cc1nc(N2CCOCC2)cc(=O)n1C. The summed E-state index contributed by atoms with van der Waals surface area (Å²) in [6.45, 7) is 4.44. The number of hydrogen-bond donors (Lipinski definition) is 0. The van der Waals surface area contributed by atoms with E-state index in [0.29, 0.717) is 44.4 Å². The first-order valence-corrected chi connectivity index (χ1v) is 9.44. The van der Waals surface area contributed by atoms with Gasteiger partial charge in [-0.2, -0.15) is 0 Å². The summed E-state index contributed by atoms with van der Waals surface area (Å²) in [6.07, 6.45) is 0.615. The van der Waals surface area contributed by atoms with E-state index in [1.807, 2.05) is 11.8 Å². The standard InChI is InChI=1S/C20H23FN4O3/c1-13-9-14-10-15(21)3-4-16(14)25(13)20(27)11-17-22-18(12-19(26)23(17)2)24-5-7-28-8-6-24/h3-4,10,12-13H,5-9,11H2,1-2H3. The average molecular weight is 386 g/mol. The molecule has 1 aromatic heterocycles. The van der Waals surface area contributed by atoms with Crippen molar-refractivity contribution in [3.8, 4) is 0 Å². The first kappa shape index (κ1) is 18.6. The zero-order valence-corrected chi connectivity index (χ0v) is 16.0. The van der Waals surface area contributed by atoms with Crippen LogP contribution in [0.25, 0.3) is 0 Å². The molecule has 1 atom stereocenters. The van der Waals surface area contributed by atoms with Crippen LogP contribution in [0.1, 0.15) is 18.3 Å². The van der Waals surface area contributed by atoms with Gasteiger partial charge in [-0.1, -0.05) is 0 Å². The Balaban J connectivity index is 1.61. The van der Waals surface area contributed by atoms with Crippen LogP contribution in [0.4, 0.5) is 15.9 Å². The molecule has 7 nitrogen and oxygen atoms in total. The number of rotatable bonds is 3. The third-order valence-corrected chi connectivity index (χ3v) is 5.38.